The summed E-state index contributed by atoms with van der Waals surface area (Å²) in [5, 5.41) is 0.544. The van der Waals surface area contributed by atoms with Crippen LogP contribution in [0.4, 0.5) is 0 Å². The van der Waals surface area contributed by atoms with E-state index in [1.165, 1.54) is 12.1 Å². The van der Waals surface area contributed by atoms with E-state index < -0.39 is 29.3 Å². The summed E-state index contributed by atoms with van der Waals surface area (Å²) in [5.41, 5.74) is 9.35. The van der Waals surface area contributed by atoms with Gasteiger partial charge in [-0.05, 0) is 54.3 Å². The summed E-state index contributed by atoms with van der Waals surface area (Å²) in [6, 6.07) is 9.59. The molecular formula is C21H26N2O5S2. The third-order valence-corrected chi connectivity index (χ3v) is 10.1. The van der Waals surface area contributed by atoms with Gasteiger partial charge in [-0.2, -0.15) is 0 Å². The van der Waals surface area contributed by atoms with Gasteiger partial charge in [0.05, 0.1) is 16.8 Å². The Hall–Kier alpha value is -2.22. The highest BCUT2D eigenvalue weighted by Gasteiger charge is 2.47. The molecule has 1 fully saturated rings. The quantitative estimate of drug-likeness (QED) is 0.216. The van der Waals surface area contributed by atoms with Crippen molar-refractivity contribution >= 4 is 34.8 Å². The highest BCUT2D eigenvalue weighted by atomic mass is 32.3. The lowest BCUT2D eigenvalue weighted by Gasteiger charge is -2.19. The van der Waals surface area contributed by atoms with Crippen molar-refractivity contribution in [1.29, 1.82) is 0 Å². The van der Waals surface area contributed by atoms with Crippen molar-refractivity contribution in [2.24, 2.45) is 0 Å². The van der Waals surface area contributed by atoms with E-state index in [1.54, 1.807) is 24.3 Å². The normalized spacial score (nSPS) is 15.6. The predicted octanol–water partition coefficient (Wildman–Crippen LogP) is 4.13. The Kier molecular flexibility index (Phi) is 6.95. The number of rotatable bonds is 6. The minimum atomic E-state index is -4.50. The van der Waals surface area contributed by atoms with Crippen molar-refractivity contribution in [3.05, 3.63) is 41.9 Å². The number of benzene rings is 2. The maximum absolute atomic E-state index is 13.0. The van der Waals surface area contributed by atoms with Crippen molar-refractivity contribution in [3.8, 4) is 5.75 Å². The minimum absolute atomic E-state index is 0.221. The fraction of sp³-hybridized carbons (Fsp3) is 0.476. The number of hydrogen-bond donors (Lipinski definition) is 0. The van der Waals surface area contributed by atoms with E-state index in [9.17, 15) is 22.4 Å². The Labute approximate surface area is 177 Å². The van der Waals surface area contributed by atoms with E-state index >= 15 is 0 Å². The van der Waals surface area contributed by atoms with Gasteiger partial charge in [0.1, 0.15) is 5.75 Å². The fourth-order valence-corrected chi connectivity index (χ4v) is 7.79. The molecule has 1 aliphatic carbocycles. The summed E-state index contributed by atoms with van der Waals surface area (Å²) in [6.45, 7) is 2.67. The lowest BCUT2D eigenvalue weighted by atomic mass is 10.0. The molecule has 0 aromatic heterocycles. The molecule has 0 radical (unpaired) electrons. The zero-order valence-electron chi connectivity index (χ0n) is 17.0. The van der Waals surface area contributed by atoms with Crippen molar-refractivity contribution in [2.75, 3.05) is 6.61 Å². The van der Waals surface area contributed by atoms with Gasteiger partial charge in [0.25, 0.3) is 19.7 Å². The molecule has 9 heteroatoms. The number of hydrogen-bond acceptors (Lipinski definition) is 5. The van der Waals surface area contributed by atoms with Crippen LogP contribution in [0.5, 0.6) is 5.75 Å². The Morgan fingerprint density at radius 1 is 1.03 bits per heavy atom. The molecule has 0 bridgehead atoms. The first-order valence-electron chi connectivity index (χ1n) is 10.2. The summed E-state index contributed by atoms with van der Waals surface area (Å²) < 4.78 is 56.4. The molecular weight excluding hydrogens is 424 g/mol. The average Bonchev–Trinajstić information content (AvgIpc) is 2.74. The maximum Gasteiger partial charge on any atom is 0.499 e. The lowest BCUT2D eigenvalue weighted by molar-refractivity contribution is 0.00370. The minimum Gasteiger partial charge on any atom is -0.494 e. The molecule has 2 aromatic rings. The summed E-state index contributed by atoms with van der Waals surface area (Å²) in [7, 11) is -8.76. The van der Waals surface area contributed by atoms with Crippen molar-refractivity contribution < 1.29 is 26.4 Å². The molecule has 7 nitrogen and oxygen atoms in total. The predicted molar refractivity (Wildman–Crippen MR) is 116 cm³/mol. The van der Waals surface area contributed by atoms with Gasteiger partial charge < -0.3 is 10.3 Å². The van der Waals surface area contributed by atoms with Crippen molar-refractivity contribution in [1.82, 2.24) is 0 Å². The largest absolute Gasteiger partial charge is 0.499 e. The van der Waals surface area contributed by atoms with E-state index in [-0.39, 0.29) is 4.90 Å². The second-order valence-corrected chi connectivity index (χ2v) is 11.8. The summed E-state index contributed by atoms with van der Waals surface area (Å²) in [6.07, 6.45) is 5.04. The number of sulfone groups is 2. The van der Waals surface area contributed by atoms with E-state index in [2.05, 4.69) is 11.7 Å². The zero-order valence-corrected chi connectivity index (χ0v) is 18.6. The highest BCUT2D eigenvalue weighted by molar-refractivity contribution is 8.31. The highest BCUT2D eigenvalue weighted by Crippen LogP contribution is 2.29. The van der Waals surface area contributed by atoms with Gasteiger partial charge in [-0.3, -0.25) is 0 Å². The van der Waals surface area contributed by atoms with Crippen LogP contribution in [-0.4, -0.2) is 37.9 Å². The first-order chi connectivity index (χ1) is 14.3. The van der Waals surface area contributed by atoms with Crippen LogP contribution >= 0.6 is 0 Å². The first kappa shape index (κ1) is 22.5. The summed E-state index contributed by atoms with van der Waals surface area (Å²) in [4.78, 5) is 2.52. The Morgan fingerprint density at radius 2 is 1.70 bits per heavy atom. The number of nitrogens with zero attached hydrogens (tertiary/aromatic N) is 2. The van der Waals surface area contributed by atoms with Gasteiger partial charge >= 0.3 is 4.38 Å². The SMILES string of the molecule is CCCCOc1ccc2cc(S(=O)(=O)C(=[N+]=[N-])S(=O)(=O)C3CCCCC3)ccc2c1. The van der Waals surface area contributed by atoms with Gasteiger partial charge in [-0.25, -0.2) is 16.8 Å². The van der Waals surface area contributed by atoms with Gasteiger partial charge in [-0.1, -0.05) is 44.7 Å². The van der Waals surface area contributed by atoms with E-state index in [1.807, 2.05) is 0 Å². The standard InChI is InChI=1S/C21H26N2O5S2/c1-2-3-13-28-18-11-9-17-15-20(12-10-16(17)14-18)30(26,27)21(23-22)29(24,25)19-7-5-4-6-8-19/h9-12,14-15,19H,2-8,13H2,1H3. The van der Waals surface area contributed by atoms with Gasteiger partial charge in [-0.15, -0.1) is 4.79 Å². The Balaban J connectivity index is 1.94. The molecule has 1 aliphatic rings. The fourth-order valence-electron chi connectivity index (χ4n) is 3.68. The Morgan fingerprint density at radius 3 is 2.37 bits per heavy atom. The molecule has 0 saturated heterocycles. The third-order valence-electron chi connectivity index (χ3n) is 5.41. The van der Waals surface area contributed by atoms with Crippen LogP contribution in [0.2, 0.25) is 0 Å². The van der Waals surface area contributed by atoms with Crippen LogP contribution in [0, 0.1) is 0 Å². The van der Waals surface area contributed by atoms with Gasteiger partial charge in [0.2, 0.25) is 0 Å². The second kappa shape index (κ2) is 9.29. The summed E-state index contributed by atoms with van der Waals surface area (Å²) >= 11 is 0. The molecule has 0 unspecified atom stereocenters. The molecule has 0 atom stereocenters. The van der Waals surface area contributed by atoms with E-state index in [0.717, 1.165) is 24.6 Å². The molecule has 0 aliphatic heterocycles. The summed E-state index contributed by atoms with van der Waals surface area (Å²) in [5.74, 6) is 0.684. The molecule has 2 aromatic carbocycles. The van der Waals surface area contributed by atoms with Crippen LogP contribution in [-0.2, 0) is 19.7 Å². The molecule has 30 heavy (non-hydrogen) atoms. The average molecular weight is 451 g/mol. The Bertz CT molecular complexity index is 1180. The van der Waals surface area contributed by atoms with Crippen LogP contribution in [0.1, 0.15) is 51.9 Å². The second-order valence-electron chi connectivity index (χ2n) is 7.55. The van der Waals surface area contributed by atoms with Crippen LogP contribution in [0.3, 0.4) is 0 Å². The van der Waals surface area contributed by atoms with E-state index in [0.29, 0.717) is 43.4 Å². The molecule has 0 amide bonds. The smallest absolute Gasteiger partial charge is 0.494 e. The third kappa shape index (κ3) is 4.58. The topological polar surface area (TPSA) is 114 Å². The molecule has 1 saturated carbocycles. The molecule has 162 valence electrons. The molecule has 3 rings (SSSR count). The molecule has 0 N–H and O–H groups in total. The first-order valence-corrected chi connectivity index (χ1v) is 13.2. The monoisotopic (exact) mass is 450 g/mol. The van der Waals surface area contributed by atoms with Crippen molar-refractivity contribution in [3.63, 3.8) is 0 Å². The van der Waals surface area contributed by atoms with Gasteiger partial charge in [0.15, 0.2) is 0 Å². The maximum atomic E-state index is 13.0. The molecule has 0 spiro atoms. The number of unbranched alkanes of at least 4 members (excludes halogenated alkanes) is 1. The number of fused-ring (bicyclic) bond motifs is 1. The zero-order chi connectivity index (χ0) is 21.8. The number of ether oxygens (including phenoxy) is 1. The van der Waals surface area contributed by atoms with Crippen LogP contribution in [0.25, 0.3) is 16.3 Å². The lowest BCUT2D eigenvalue weighted by Crippen LogP contribution is -2.35. The van der Waals surface area contributed by atoms with E-state index in [4.69, 9.17) is 4.74 Å². The van der Waals surface area contributed by atoms with Crippen molar-refractivity contribution in [2.45, 2.75) is 62.0 Å². The molecule has 0 heterocycles. The van der Waals surface area contributed by atoms with Gasteiger partial charge in [0, 0.05) is 0 Å². The van der Waals surface area contributed by atoms with Crippen LogP contribution in [0.15, 0.2) is 41.3 Å². The van der Waals surface area contributed by atoms with Crippen LogP contribution < -0.4 is 4.74 Å².